The van der Waals surface area contributed by atoms with Crippen LogP contribution in [0.5, 0.6) is 0 Å². The van der Waals surface area contributed by atoms with Crippen LogP contribution in [0.4, 0.5) is 5.82 Å². The minimum absolute atomic E-state index is 0.0642. The molecule has 5 nitrogen and oxygen atoms in total. The molecule has 1 aliphatic carbocycles. The van der Waals surface area contributed by atoms with Crippen molar-refractivity contribution in [2.75, 3.05) is 5.73 Å². The largest absolute Gasteiger partial charge is 0.384 e. The maximum Gasteiger partial charge on any atom is 0.241 e. The van der Waals surface area contributed by atoms with E-state index in [0.29, 0.717) is 5.92 Å². The van der Waals surface area contributed by atoms with E-state index < -0.39 is 10.0 Å². The Bertz CT molecular complexity index is 481. The zero-order chi connectivity index (χ0) is 11.8. The van der Waals surface area contributed by atoms with Gasteiger partial charge in [-0.15, -0.1) is 0 Å². The van der Waals surface area contributed by atoms with Crippen LogP contribution >= 0.6 is 0 Å². The molecule has 0 amide bonds. The molecule has 16 heavy (non-hydrogen) atoms. The van der Waals surface area contributed by atoms with Gasteiger partial charge in [-0.3, -0.25) is 0 Å². The number of pyridine rings is 1. The van der Waals surface area contributed by atoms with E-state index in [-0.39, 0.29) is 16.8 Å². The molecule has 0 atom stereocenters. The van der Waals surface area contributed by atoms with E-state index in [1.165, 1.54) is 18.3 Å². The predicted octanol–water partition coefficient (Wildman–Crippen LogP) is 0.741. The number of rotatable bonds is 3. The van der Waals surface area contributed by atoms with Crippen molar-refractivity contribution >= 4 is 15.8 Å². The molecule has 2 rings (SSSR count). The third-order valence-electron chi connectivity index (χ3n) is 2.76. The molecule has 6 heteroatoms. The fourth-order valence-corrected chi connectivity index (χ4v) is 3.16. The van der Waals surface area contributed by atoms with Crippen LogP contribution < -0.4 is 10.5 Å². The predicted molar refractivity (Wildman–Crippen MR) is 61.2 cm³/mol. The molecule has 0 aromatic carbocycles. The SMILES string of the molecule is CC1CC(NS(=O)(=O)c2ccnc(N)c2)C1. The molecule has 0 saturated heterocycles. The molecule has 88 valence electrons. The lowest BCUT2D eigenvalue weighted by Gasteiger charge is -2.32. The van der Waals surface area contributed by atoms with Gasteiger partial charge in [0, 0.05) is 18.3 Å². The van der Waals surface area contributed by atoms with E-state index >= 15 is 0 Å². The highest BCUT2D eigenvalue weighted by molar-refractivity contribution is 7.89. The molecule has 0 spiro atoms. The van der Waals surface area contributed by atoms with E-state index in [0.717, 1.165) is 12.8 Å². The van der Waals surface area contributed by atoms with Gasteiger partial charge in [0.05, 0.1) is 4.90 Å². The number of sulfonamides is 1. The first-order chi connectivity index (χ1) is 7.47. The second-order valence-electron chi connectivity index (χ2n) is 4.31. The summed E-state index contributed by atoms with van der Waals surface area (Å²) < 4.78 is 26.5. The van der Waals surface area contributed by atoms with Crippen LogP contribution in [0.3, 0.4) is 0 Å². The van der Waals surface area contributed by atoms with Crippen LogP contribution in [-0.4, -0.2) is 19.4 Å². The minimum Gasteiger partial charge on any atom is -0.384 e. The van der Waals surface area contributed by atoms with Gasteiger partial charge in [-0.1, -0.05) is 6.92 Å². The second-order valence-corrected chi connectivity index (χ2v) is 6.03. The second kappa shape index (κ2) is 4.03. The minimum atomic E-state index is -3.44. The van der Waals surface area contributed by atoms with Crippen molar-refractivity contribution in [1.29, 1.82) is 0 Å². The number of nitrogens with zero attached hydrogens (tertiary/aromatic N) is 1. The monoisotopic (exact) mass is 241 g/mol. The van der Waals surface area contributed by atoms with Gasteiger partial charge in [0.25, 0.3) is 0 Å². The number of aromatic nitrogens is 1. The quantitative estimate of drug-likeness (QED) is 0.817. The van der Waals surface area contributed by atoms with Crippen molar-refractivity contribution < 1.29 is 8.42 Å². The molecule has 0 bridgehead atoms. The van der Waals surface area contributed by atoms with Crippen LogP contribution in [0, 0.1) is 5.92 Å². The van der Waals surface area contributed by atoms with Crippen LogP contribution in [0.15, 0.2) is 23.2 Å². The highest BCUT2D eigenvalue weighted by Crippen LogP contribution is 2.27. The van der Waals surface area contributed by atoms with Crippen LogP contribution in [-0.2, 0) is 10.0 Å². The number of nitrogens with one attached hydrogen (secondary N) is 1. The Morgan fingerprint density at radius 2 is 2.19 bits per heavy atom. The van der Waals surface area contributed by atoms with Crippen molar-refractivity contribution in [1.82, 2.24) is 9.71 Å². The molecular formula is C10H15N3O2S. The van der Waals surface area contributed by atoms with E-state index in [1.807, 2.05) is 0 Å². The number of nitrogens with two attached hydrogens (primary N) is 1. The summed E-state index contributed by atoms with van der Waals surface area (Å²) in [5.74, 6) is 0.820. The van der Waals surface area contributed by atoms with Crippen molar-refractivity contribution in [3.8, 4) is 0 Å². The van der Waals surface area contributed by atoms with Crippen LogP contribution in [0.1, 0.15) is 19.8 Å². The van der Waals surface area contributed by atoms with Gasteiger partial charge in [0.2, 0.25) is 10.0 Å². The van der Waals surface area contributed by atoms with Crippen molar-refractivity contribution in [3.05, 3.63) is 18.3 Å². The molecule has 0 unspecified atom stereocenters. The van der Waals surface area contributed by atoms with Gasteiger partial charge in [-0.25, -0.2) is 18.1 Å². The third kappa shape index (κ3) is 2.33. The lowest BCUT2D eigenvalue weighted by molar-refractivity contribution is 0.270. The van der Waals surface area contributed by atoms with Crippen molar-refractivity contribution in [3.63, 3.8) is 0 Å². The smallest absolute Gasteiger partial charge is 0.241 e. The van der Waals surface area contributed by atoms with Crippen molar-refractivity contribution in [2.24, 2.45) is 5.92 Å². The summed E-state index contributed by atoms with van der Waals surface area (Å²) in [6.45, 7) is 2.11. The summed E-state index contributed by atoms with van der Waals surface area (Å²) >= 11 is 0. The molecule has 1 fully saturated rings. The number of hydrogen-bond donors (Lipinski definition) is 2. The van der Waals surface area contributed by atoms with Gasteiger partial charge in [-0.2, -0.15) is 0 Å². The summed E-state index contributed by atoms with van der Waals surface area (Å²) in [5, 5.41) is 0. The number of hydrogen-bond acceptors (Lipinski definition) is 4. The Balaban J connectivity index is 2.13. The third-order valence-corrected chi connectivity index (χ3v) is 4.28. The molecule has 1 aliphatic rings. The topological polar surface area (TPSA) is 85.1 Å². The molecule has 0 radical (unpaired) electrons. The summed E-state index contributed by atoms with van der Waals surface area (Å²) in [4.78, 5) is 3.94. The van der Waals surface area contributed by atoms with Crippen LogP contribution in [0.2, 0.25) is 0 Å². The molecular weight excluding hydrogens is 226 g/mol. The van der Waals surface area contributed by atoms with Crippen LogP contribution in [0.25, 0.3) is 0 Å². The molecule has 1 aromatic rings. The molecule has 1 saturated carbocycles. The van der Waals surface area contributed by atoms with Gasteiger partial charge >= 0.3 is 0 Å². The van der Waals surface area contributed by atoms with Crippen molar-refractivity contribution in [2.45, 2.75) is 30.7 Å². The standard InChI is InChI=1S/C10H15N3O2S/c1-7-4-8(5-7)13-16(14,15)9-2-3-12-10(11)6-9/h2-3,6-8,13H,4-5H2,1H3,(H2,11,12). The lowest BCUT2D eigenvalue weighted by atomic mass is 9.83. The van der Waals surface area contributed by atoms with E-state index in [2.05, 4.69) is 16.6 Å². The maximum absolute atomic E-state index is 11.9. The highest BCUT2D eigenvalue weighted by Gasteiger charge is 2.29. The first kappa shape index (κ1) is 11.3. The van der Waals surface area contributed by atoms with Gasteiger partial charge in [-0.05, 0) is 24.8 Å². The fraction of sp³-hybridized carbons (Fsp3) is 0.500. The number of anilines is 1. The molecule has 3 N–H and O–H groups in total. The average Bonchev–Trinajstić information content (AvgIpc) is 2.15. The van der Waals surface area contributed by atoms with E-state index in [9.17, 15) is 8.42 Å². The summed E-state index contributed by atoms with van der Waals surface area (Å²) in [7, 11) is -3.44. The average molecular weight is 241 g/mol. The lowest BCUT2D eigenvalue weighted by Crippen LogP contribution is -2.43. The number of nitrogen functional groups attached to an aromatic ring is 1. The molecule has 0 aliphatic heterocycles. The fourth-order valence-electron chi connectivity index (χ4n) is 1.88. The van der Waals surface area contributed by atoms with E-state index in [4.69, 9.17) is 5.73 Å². The Morgan fingerprint density at radius 1 is 1.50 bits per heavy atom. The Morgan fingerprint density at radius 3 is 2.75 bits per heavy atom. The normalized spacial score (nSPS) is 25.1. The first-order valence-electron chi connectivity index (χ1n) is 5.21. The highest BCUT2D eigenvalue weighted by atomic mass is 32.2. The molecule has 1 heterocycles. The maximum atomic E-state index is 11.9. The molecule has 1 aromatic heterocycles. The first-order valence-corrected chi connectivity index (χ1v) is 6.69. The summed E-state index contributed by atoms with van der Waals surface area (Å²) in [5.41, 5.74) is 5.45. The Labute approximate surface area is 95.1 Å². The Hall–Kier alpha value is -1.14. The van der Waals surface area contributed by atoms with Gasteiger partial charge in [0.1, 0.15) is 5.82 Å². The van der Waals surface area contributed by atoms with Gasteiger partial charge in [0.15, 0.2) is 0 Å². The zero-order valence-corrected chi connectivity index (χ0v) is 9.87. The summed E-state index contributed by atoms with van der Waals surface area (Å²) in [6.07, 6.45) is 3.20. The Kier molecular flexibility index (Phi) is 2.86. The van der Waals surface area contributed by atoms with Gasteiger partial charge < -0.3 is 5.73 Å². The van der Waals surface area contributed by atoms with E-state index in [1.54, 1.807) is 0 Å². The summed E-state index contributed by atoms with van der Waals surface area (Å²) in [6, 6.07) is 2.87. The zero-order valence-electron chi connectivity index (χ0n) is 9.05.